The summed E-state index contributed by atoms with van der Waals surface area (Å²) < 4.78 is 13.3. The number of alkyl halides is 1. The smallest absolute Gasteiger partial charge is 0.115 e. The summed E-state index contributed by atoms with van der Waals surface area (Å²) in [6, 6.07) is 0.732. The van der Waals surface area contributed by atoms with Crippen LogP contribution in [0.4, 0.5) is 4.39 Å². The number of nitrogens with zero attached hydrogens (tertiary/aromatic N) is 1. The first-order valence-corrected chi connectivity index (χ1v) is 5.15. The minimum atomic E-state index is -0.570. The van der Waals surface area contributed by atoms with Crippen LogP contribution >= 0.6 is 0 Å². The van der Waals surface area contributed by atoms with Crippen LogP contribution in [0.5, 0.6) is 0 Å². The lowest BCUT2D eigenvalue weighted by Gasteiger charge is -2.42. The summed E-state index contributed by atoms with van der Waals surface area (Å²) in [6.45, 7) is 3.86. The Morgan fingerprint density at radius 3 is 2.50 bits per heavy atom. The molecule has 0 aromatic carbocycles. The third-order valence-corrected chi connectivity index (χ3v) is 3.49. The first-order valence-electron chi connectivity index (χ1n) is 5.15. The van der Waals surface area contributed by atoms with Gasteiger partial charge < -0.3 is 0 Å². The third kappa shape index (κ3) is 1.49. The van der Waals surface area contributed by atoms with E-state index in [4.69, 9.17) is 0 Å². The summed E-state index contributed by atoms with van der Waals surface area (Å²) >= 11 is 0. The summed E-state index contributed by atoms with van der Waals surface area (Å²) in [5.74, 6) is 0.293. The first-order chi connectivity index (χ1) is 5.77. The van der Waals surface area contributed by atoms with Gasteiger partial charge in [0, 0.05) is 12.6 Å². The molecule has 2 aliphatic rings. The highest BCUT2D eigenvalue weighted by Crippen LogP contribution is 2.29. The molecule has 1 saturated carbocycles. The highest BCUT2D eigenvalue weighted by atomic mass is 19.1. The number of rotatable bonds is 1. The zero-order chi connectivity index (χ0) is 8.55. The second-order valence-corrected chi connectivity index (χ2v) is 4.36. The van der Waals surface area contributed by atoms with Gasteiger partial charge in [-0.2, -0.15) is 0 Å². The molecule has 0 amide bonds. The summed E-state index contributed by atoms with van der Waals surface area (Å²) in [5.41, 5.74) is 0. The van der Waals surface area contributed by atoms with E-state index in [1.807, 2.05) is 6.92 Å². The molecule has 2 fully saturated rings. The fourth-order valence-corrected chi connectivity index (χ4v) is 2.13. The Bertz CT molecular complexity index is 156. The average Bonchev–Trinajstić information content (AvgIpc) is 1.93. The van der Waals surface area contributed by atoms with Crippen molar-refractivity contribution in [3.63, 3.8) is 0 Å². The molecule has 0 aromatic rings. The van der Waals surface area contributed by atoms with Gasteiger partial charge in [0.2, 0.25) is 0 Å². The van der Waals surface area contributed by atoms with E-state index >= 15 is 0 Å². The lowest BCUT2D eigenvalue weighted by Crippen LogP contribution is -2.48. The maximum absolute atomic E-state index is 13.3. The Kier molecular flexibility index (Phi) is 2.35. The van der Waals surface area contributed by atoms with Crippen molar-refractivity contribution in [1.82, 2.24) is 4.90 Å². The number of halogens is 1. The van der Waals surface area contributed by atoms with Crippen molar-refractivity contribution in [2.45, 2.75) is 44.8 Å². The molecule has 12 heavy (non-hydrogen) atoms. The van der Waals surface area contributed by atoms with E-state index in [0.717, 1.165) is 19.0 Å². The van der Waals surface area contributed by atoms with Crippen molar-refractivity contribution in [2.75, 3.05) is 13.1 Å². The van der Waals surface area contributed by atoms with Gasteiger partial charge in [-0.25, -0.2) is 4.39 Å². The molecular weight excluding hydrogens is 153 g/mol. The number of hydrogen-bond donors (Lipinski definition) is 0. The maximum atomic E-state index is 13.3. The molecule has 2 heteroatoms. The van der Waals surface area contributed by atoms with Crippen molar-refractivity contribution in [1.29, 1.82) is 0 Å². The first kappa shape index (κ1) is 8.49. The van der Waals surface area contributed by atoms with Gasteiger partial charge in [0.25, 0.3) is 0 Å². The largest absolute Gasteiger partial charge is 0.297 e. The predicted octanol–water partition coefficient (Wildman–Crippen LogP) is 2.22. The van der Waals surface area contributed by atoms with E-state index in [9.17, 15) is 4.39 Å². The highest BCUT2D eigenvalue weighted by Gasteiger charge is 2.32. The van der Waals surface area contributed by atoms with Gasteiger partial charge in [0.15, 0.2) is 0 Å². The normalized spacial score (nSPS) is 39.5. The number of piperidine rings is 1. The number of hydrogen-bond acceptors (Lipinski definition) is 1. The fraction of sp³-hybridized carbons (Fsp3) is 1.00. The summed E-state index contributed by atoms with van der Waals surface area (Å²) in [5, 5.41) is 0. The van der Waals surface area contributed by atoms with Crippen LogP contribution in [0, 0.1) is 5.92 Å². The summed E-state index contributed by atoms with van der Waals surface area (Å²) in [6.07, 6.45) is 4.45. The molecule has 0 radical (unpaired) electrons. The van der Waals surface area contributed by atoms with Gasteiger partial charge in [-0.15, -0.1) is 0 Å². The average molecular weight is 171 g/mol. The Morgan fingerprint density at radius 1 is 1.25 bits per heavy atom. The molecule has 1 aliphatic carbocycles. The molecule has 0 bridgehead atoms. The summed E-state index contributed by atoms with van der Waals surface area (Å²) in [7, 11) is 0. The van der Waals surface area contributed by atoms with Gasteiger partial charge >= 0.3 is 0 Å². The van der Waals surface area contributed by atoms with E-state index in [1.54, 1.807) is 0 Å². The summed E-state index contributed by atoms with van der Waals surface area (Å²) in [4.78, 5) is 2.36. The molecule has 2 atom stereocenters. The second kappa shape index (κ2) is 3.33. The SMILES string of the molecule is CC1CCN(C2CCC2)CC1F. The molecule has 2 rings (SSSR count). The minimum Gasteiger partial charge on any atom is -0.297 e. The van der Waals surface area contributed by atoms with Crippen LogP contribution in [0.15, 0.2) is 0 Å². The Balaban J connectivity index is 1.84. The van der Waals surface area contributed by atoms with Crippen LogP contribution in [-0.4, -0.2) is 30.2 Å². The Labute approximate surface area is 73.9 Å². The monoisotopic (exact) mass is 171 g/mol. The molecule has 1 aliphatic heterocycles. The van der Waals surface area contributed by atoms with Crippen LogP contribution in [0.25, 0.3) is 0 Å². The van der Waals surface area contributed by atoms with E-state index in [2.05, 4.69) is 4.90 Å². The van der Waals surface area contributed by atoms with Crippen molar-refractivity contribution in [3.8, 4) is 0 Å². The van der Waals surface area contributed by atoms with Gasteiger partial charge in [0.1, 0.15) is 6.17 Å². The molecule has 0 aromatic heterocycles. The minimum absolute atomic E-state index is 0.293. The van der Waals surface area contributed by atoms with Gasteiger partial charge in [0.05, 0.1) is 0 Å². The number of likely N-dealkylation sites (tertiary alicyclic amines) is 1. The van der Waals surface area contributed by atoms with Crippen LogP contribution in [0.1, 0.15) is 32.6 Å². The van der Waals surface area contributed by atoms with Crippen molar-refractivity contribution in [3.05, 3.63) is 0 Å². The van der Waals surface area contributed by atoms with E-state index < -0.39 is 6.17 Å². The molecule has 70 valence electrons. The molecule has 1 saturated heterocycles. The molecular formula is C10H18FN. The predicted molar refractivity (Wildman–Crippen MR) is 47.9 cm³/mol. The lowest BCUT2D eigenvalue weighted by molar-refractivity contribution is 0.0349. The fourth-order valence-electron chi connectivity index (χ4n) is 2.13. The quantitative estimate of drug-likeness (QED) is 0.584. The second-order valence-electron chi connectivity index (χ2n) is 4.36. The molecule has 1 heterocycles. The zero-order valence-electron chi connectivity index (χ0n) is 7.80. The van der Waals surface area contributed by atoms with Crippen LogP contribution < -0.4 is 0 Å². The van der Waals surface area contributed by atoms with Crippen molar-refractivity contribution in [2.24, 2.45) is 5.92 Å². The van der Waals surface area contributed by atoms with Gasteiger partial charge in [-0.1, -0.05) is 13.3 Å². The third-order valence-electron chi connectivity index (χ3n) is 3.49. The van der Waals surface area contributed by atoms with Gasteiger partial charge in [-0.3, -0.25) is 4.90 Å². The van der Waals surface area contributed by atoms with E-state index in [1.165, 1.54) is 19.3 Å². The van der Waals surface area contributed by atoms with Crippen LogP contribution in [0.2, 0.25) is 0 Å². The molecule has 0 N–H and O–H groups in total. The van der Waals surface area contributed by atoms with Crippen LogP contribution in [0.3, 0.4) is 0 Å². The standard InChI is InChI=1S/C10H18FN/c1-8-5-6-12(7-10(8)11)9-3-2-4-9/h8-10H,2-7H2,1H3. The van der Waals surface area contributed by atoms with Crippen LogP contribution in [-0.2, 0) is 0 Å². The zero-order valence-corrected chi connectivity index (χ0v) is 7.80. The molecule has 2 unspecified atom stereocenters. The van der Waals surface area contributed by atoms with E-state index in [-0.39, 0.29) is 0 Å². The maximum Gasteiger partial charge on any atom is 0.115 e. The van der Waals surface area contributed by atoms with Gasteiger partial charge in [-0.05, 0) is 31.7 Å². The molecule has 0 spiro atoms. The molecule has 1 nitrogen and oxygen atoms in total. The topological polar surface area (TPSA) is 3.24 Å². The Hall–Kier alpha value is -0.110. The Morgan fingerprint density at radius 2 is 2.00 bits per heavy atom. The van der Waals surface area contributed by atoms with Crippen molar-refractivity contribution < 1.29 is 4.39 Å². The van der Waals surface area contributed by atoms with Crippen molar-refractivity contribution >= 4 is 0 Å². The van der Waals surface area contributed by atoms with E-state index in [0.29, 0.717) is 12.5 Å². The lowest BCUT2D eigenvalue weighted by atomic mass is 9.88. The highest BCUT2D eigenvalue weighted by molar-refractivity contribution is 4.86.